The van der Waals surface area contributed by atoms with Crippen molar-refractivity contribution >= 4 is 28.5 Å². The van der Waals surface area contributed by atoms with Crippen molar-refractivity contribution in [2.75, 3.05) is 0 Å². The zero-order valence-corrected chi connectivity index (χ0v) is 14.2. The van der Waals surface area contributed by atoms with Gasteiger partial charge in [-0.3, -0.25) is 0 Å². The Morgan fingerprint density at radius 3 is 2.00 bits per heavy atom. The van der Waals surface area contributed by atoms with Crippen LogP contribution >= 0.6 is 6.04 Å². The average Bonchev–Trinajstić information content (AvgIpc) is 3.05. The largest absolute Gasteiger partial charge is 0.103 e. The van der Waals surface area contributed by atoms with E-state index in [-0.39, 0.29) is 0 Å². The van der Waals surface area contributed by atoms with Gasteiger partial charge >= 0.3 is 0 Å². The van der Waals surface area contributed by atoms with Crippen molar-refractivity contribution in [1.82, 2.24) is 0 Å². The van der Waals surface area contributed by atoms with Crippen molar-refractivity contribution in [3.05, 3.63) is 96.4 Å². The summed E-state index contributed by atoms with van der Waals surface area (Å²) >= 11 is 6.35. The van der Waals surface area contributed by atoms with Crippen LogP contribution in [-0.4, -0.2) is 0 Å². The fourth-order valence-electron chi connectivity index (χ4n) is 2.93. The summed E-state index contributed by atoms with van der Waals surface area (Å²) in [5.74, 6) is 0. The van der Waals surface area contributed by atoms with Crippen molar-refractivity contribution in [3.8, 4) is 0 Å². The highest BCUT2D eigenvalue weighted by Crippen LogP contribution is 2.56. The quantitative estimate of drug-likeness (QED) is 0.557. The second-order valence-electron chi connectivity index (χ2n) is 5.37. The molecule has 1 aliphatic carbocycles. The van der Waals surface area contributed by atoms with E-state index in [9.17, 15) is 0 Å². The molecule has 0 spiro atoms. The Morgan fingerprint density at radius 2 is 1.50 bits per heavy atom. The molecule has 1 aliphatic rings. The lowest BCUT2D eigenvalue weighted by Gasteiger charge is -2.25. The molecule has 0 radical (unpaired) electrons. The summed E-state index contributed by atoms with van der Waals surface area (Å²) in [6.07, 6.45) is 8.39. The molecule has 0 bridgehead atoms. The number of hydrogen-bond acceptors (Lipinski definition) is 1. The second kappa shape index (κ2) is 6.60. The van der Waals surface area contributed by atoms with Crippen LogP contribution in [0.1, 0.15) is 12.8 Å². The van der Waals surface area contributed by atoms with Crippen LogP contribution in [-0.2, 0) is 11.8 Å². The molecule has 110 valence electrons. The van der Waals surface area contributed by atoms with Crippen molar-refractivity contribution in [3.63, 3.8) is 0 Å². The topological polar surface area (TPSA) is 0 Å². The van der Waals surface area contributed by atoms with Crippen molar-refractivity contribution in [2.24, 2.45) is 0 Å². The van der Waals surface area contributed by atoms with Crippen LogP contribution in [0.4, 0.5) is 0 Å². The maximum Gasteiger partial charge on any atom is 0.0379 e. The third-order valence-electron chi connectivity index (χ3n) is 3.97. The van der Waals surface area contributed by atoms with Gasteiger partial charge in [0.2, 0.25) is 0 Å². The number of allylic oxidation sites excluding steroid dienone is 5. The van der Waals surface area contributed by atoms with Crippen LogP contribution in [0.2, 0.25) is 0 Å². The first-order valence-electron chi connectivity index (χ1n) is 7.48. The van der Waals surface area contributed by atoms with Gasteiger partial charge in [-0.1, -0.05) is 96.3 Å². The first-order valence-corrected chi connectivity index (χ1v) is 10.3. The summed E-state index contributed by atoms with van der Waals surface area (Å²) in [6, 6.07) is 19.2. The Morgan fingerprint density at radius 1 is 0.955 bits per heavy atom. The summed E-state index contributed by atoms with van der Waals surface area (Å²) < 4.78 is 0. The van der Waals surface area contributed by atoms with Crippen molar-refractivity contribution in [1.29, 1.82) is 0 Å². The van der Waals surface area contributed by atoms with Gasteiger partial charge < -0.3 is 0 Å². The molecular weight excluding hydrogens is 303 g/mol. The SMILES string of the molecule is C=CCC1=C(P(=S)(c2ccccc2)c2ccccc2)C=CC1. The molecule has 0 saturated heterocycles. The van der Waals surface area contributed by atoms with Crippen LogP contribution in [0.25, 0.3) is 0 Å². The zero-order valence-electron chi connectivity index (χ0n) is 12.5. The van der Waals surface area contributed by atoms with E-state index in [1.165, 1.54) is 21.5 Å². The monoisotopic (exact) mass is 322 g/mol. The molecule has 0 unspecified atom stereocenters. The lowest BCUT2D eigenvalue weighted by Crippen LogP contribution is -2.16. The van der Waals surface area contributed by atoms with E-state index in [0.717, 1.165) is 12.8 Å². The van der Waals surface area contributed by atoms with Gasteiger partial charge in [-0.15, -0.1) is 6.58 Å². The Bertz CT molecular complexity index is 726. The number of rotatable bonds is 5. The van der Waals surface area contributed by atoms with E-state index in [2.05, 4.69) is 79.4 Å². The maximum atomic E-state index is 6.35. The van der Waals surface area contributed by atoms with Gasteiger partial charge in [0.25, 0.3) is 0 Å². The first kappa shape index (κ1) is 15.2. The molecule has 0 aromatic heterocycles. The van der Waals surface area contributed by atoms with Crippen LogP contribution < -0.4 is 10.6 Å². The Labute approximate surface area is 137 Å². The molecule has 22 heavy (non-hydrogen) atoms. The van der Waals surface area contributed by atoms with Crippen LogP contribution in [0.15, 0.2) is 96.4 Å². The Kier molecular flexibility index (Phi) is 4.57. The average molecular weight is 322 g/mol. The summed E-state index contributed by atoms with van der Waals surface area (Å²) in [6.45, 7) is 3.90. The highest BCUT2D eigenvalue weighted by atomic mass is 32.4. The lowest BCUT2D eigenvalue weighted by atomic mass is 10.2. The predicted molar refractivity (Wildman–Crippen MR) is 102 cm³/mol. The molecule has 0 N–H and O–H groups in total. The molecule has 3 rings (SSSR count). The van der Waals surface area contributed by atoms with Gasteiger partial charge in [-0.25, -0.2) is 0 Å². The molecule has 0 amide bonds. The van der Waals surface area contributed by atoms with Crippen LogP contribution in [0.3, 0.4) is 0 Å². The Hall–Kier alpha value is -1.69. The molecule has 0 heterocycles. The summed E-state index contributed by atoms with van der Waals surface area (Å²) in [4.78, 5) is 0. The van der Waals surface area contributed by atoms with E-state index in [1.54, 1.807) is 0 Å². The molecular formula is C20H19PS. The van der Waals surface area contributed by atoms with E-state index in [1.807, 2.05) is 6.08 Å². The third kappa shape index (κ3) is 2.67. The lowest BCUT2D eigenvalue weighted by molar-refractivity contribution is 1.13. The van der Waals surface area contributed by atoms with E-state index in [0.29, 0.717) is 0 Å². The van der Waals surface area contributed by atoms with Gasteiger partial charge in [0.05, 0.1) is 0 Å². The molecule has 2 aromatic carbocycles. The molecule has 0 nitrogen and oxygen atoms in total. The minimum absolute atomic E-state index is 0.917. The van der Waals surface area contributed by atoms with E-state index >= 15 is 0 Å². The second-order valence-corrected chi connectivity index (χ2v) is 9.74. The smallest absolute Gasteiger partial charge is 0.0379 e. The molecule has 2 aromatic rings. The highest BCUT2D eigenvalue weighted by molar-refractivity contribution is 8.24. The van der Waals surface area contributed by atoms with Gasteiger partial charge in [-0.2, -0.15) is 0 Å². The van der Waals surface area contributed by atoms with Crippen molar-refractivity contribution in [2.45, 2.75) is 12.8 Å². The van der Waals surface area contributed by atoms with E-state index in [4.69, 9.17) is 11.8 Å². The van der Waals surface area contributed by atoms with Gasteiger partial charge in [0, 0.05) is 6.04 Å². The maximum absolute atomic E-state index is 6.35. The fraction of sp³-hybridized carbons (Fsp3) is 0.100. The predicted octanol–water partition coefficient (Wildman–Crippen LogP) is 4.91. The van der Waals surface area contributed by atoms with Crippen molar-refractivity contribution < 1.29 is 0 Å². The molecule has 0 atom stereocenters. The minimum atomic E-state index is -1.98. The zero-order chi connectivity index (χ0) is 15.4. The third-order valence-corrected chi connectivity index (χ3v) is 9.02. The van der Waals surface area contributed by atoms with Crippen LogP contribution in [0, 0.1) is 0 Å². The summed E-state index contributed by atoms with van der Waals surface area (Å²) in [7, 11) is 0. The molecule has 2 heteroatoms. The fourth-order valence-corrected chi connectivity index (χ4v) is 7.21. The summed E-state index contributed by atoms with van der Waals surface area (Å²) in [5.41, 5.74) is 1.42. The molecule has 0 fully saturated rings. The summed E-state index contributed by atoms with van der Waals surface area (Å²) in [5, 5.41) is 3.87. The normalized spacial score (nSPS) is 14.4. The Balaban J connectivity index is 2.25. The highest BCUT2D eigenvalue weighted by Gasteiger charge is 2.28. The molecule has 0 saturated carbocycles. The van der Waals surface area contributed by atoms with Gasteiger partial charge in [0.1, 0.15) is 0 Å². The number of hydrogen-bond donors (Lipinski definition) is 0. The number of benzene rings is 2. The van der Waals surface area contributed by atoms with Gasteiger partial charge in [-0.05, 0) is 28.8 Å². The first-order chi connectivity index (χ1) is 10.8. The standard InChI is InChI=1S/C20H19PS/c1-2-10-17-11-9-16-20(17)21(22,18-12-5-3-6-13-18)19-14-7-4-8-15-19/h2-9,12-16H,1,10-11H2. The van der Waals surface area contributed by atoms with Crippen LogP contribution in [0.5, 0.6) is 0 Å². The van der Waals surface area contributed by atoms with Gasteiger partial charge in [0.15, 0.2) is 0 Å². The molecule has 0 aliphatic heterocycles. The van der Waals surface area contributed by atoms with E-state index < -0.39 is 6.04 Å². The minimum Gasteiger partial charge on any atom is -0.103 e.